The van der Waals surface area contributed by atoms with Gasteiger partial charge in [0.1, 0.15) is 11.6 Å². The quantitative estimate of drug-likeness (QED) is 0.290. The van der Waals surface area contributed by atoms with Crippen LogP contribution in [0.25, 0.3) is 11.3 Å². The predicted molar refractivity (Wildman–Crippen MR) is 156 cm³/mol. The van der Waals surface area contributed by atoms with Crippen molar-refractivity contribution in [2.75, 3.05) is 7.05 Å². The minimum atomic E-state index is -0.624. The largest absolute Gasteiger partial charge is 0.489 e. The lowest BCUT2D eigenvalue weighted by atomic mass is 9.85. The zero-order valence-electron chi connectivity index (χ0n) is 23.9. The van der Waals surface area contributed by atoms with Crippen molar-refractivity contribution in [3.05, 3.63) is 70.1 Å². The molecular weight excluding hydrogens is 530 g/mol. The number of rotatable bonds is 12. The van der Waals surface area contributed by atoms with E-state index < -0.39 is 11.8 Å². The molecule has 2 unspecified atom stereocenters. The number of halogens is 1. The summed E-state index contributed by atoms with van der Waals surface area (Å²) in [6, 6.07) is 10.9. The fraction of sp³-hybridized carbons (Fsp3) is 0.400. The normalized spacial score (nSPS) is 12.6. The summed E-state index contributed by atoms with van der Waals surface area (Å²) in [4.78, 5) is 41.2. The van der Waals surface area contributed by atoms with Gasteiger partial charge in [-0.2, -0.15) is 0 Å². The van der Waals surface area contributed by atoms with Gasteiger partial charge in [-0.15, -0.1) is 0 Å². The molecular formula is C30H38ClN5O4. The van der Waals surface area contributed by atoms with Crippen molar-refractivity contribution in [2.45, 2.75) is 72.1 Å². The number of imidazole rings is 1. The van der Waals surface area contributed by atoms with Crippen LogP contribution in [0.3, 0.4) is 0 Å². The van der Waals surface area contributed by atoms with Crippen LogP contribution in [0.15, 0.2) is 42.6 Å². The Hall–Kier alpha value is -3.85. The molecule has 2 atom stereocenters. The van der Waals surface area contributed by atoms with Crippen molar-refractivity contribution in [1.82, 2.24) is 20.2 Å². The van der Waals surface area contributed by atoms with Crippen LogP contribution in [-0.4, -0.2) is 40.4 Å². The van der Waals surface area contributed by atoms with Crippen LogP contribution in [0.5, 0.6) is 5.75 Å². The third kappa shape index (κ3) is 7.41. The third-order valence-corrected chi connectivity index (χ3v) is 6.97. The first-order valence-electron chi connectivity index (χ1n) is 13.4. The maximum Gasteiger partial charge on any atom is 0.249 e. The number of primary amides is 1. The van der Waals surface area contributed by atoms with Gasteiger partial charge in [0.15, 0.2) is 0 Å². The van der Waals surface area contributed by atoms with Gasteiger partial charge in [0.05, 0.1) is 22.9 Å². The molecule has 0 saturated heterocycles. The van der Waals surface area contributed by atoms with Crippen LogP contribution in [0.1, 0.15) is 80.3 Å². The van der Waals surface area contributed by atoms with Gasteiger partial charge in [-0.1, -0.05) is 35.9 Å². The summed E-state index contributed by atoms with van der Waals surface area (Å²) >= 11 is 6.78. The fourth-order valence-electron chi connectivity index (χ4n) is 4.77. The molecule has 0 aliphatic heterocycles. The van der Waals surface area contributed by atoms with Gasteiger partial charge in [-0.05, 0) is 63.3 Å². The lowest BCUT2D eigenvalue weighted by molar-refractivity contribution is -0.121. The van der Waals surface area contributed by atoms with Gasteiger partial charge < -0.3 is 25.7 Å². The van der Waals surface area contributed by atoms with Crippen molar-refractivity contribution in [3.63, 3.8) is 0 Å². The van der Waals surface area contributed by atoms with Gasteiger partial charge >= 0.3 is 0 Å². The highest BCUT2D eigenvalue weighted by Crippen LogP contribution is 2.39. The van der Waals surface area contributed by atoms with E-state index in [4.69, 9.17) is 27.1 Å². The number of hydrogen-bond acceptors (Lipinski definition) is 5. The third-order valence-electron chi connectivity index (χ3n) is 6.58. The number of carbonyl (C=O) groups is 3. The summed E-state index contributed by atoms with van der Waals surface area (Å²) in [7, 11) is 1.57. The lowest BCUT2D eigenvalue weighted by Gasteiger charge is -2.23. The Bertz CT molecular complexity index is 1370. The smallest absolute Gasteiger partial charge is 0.249 e. The van der Waals surface area contributed by atoms with E-state index in [0.29, 0.717) is 24.3 Å². The molecule has 2 aromatic carbocycles. The van der Waals surface area contributed by atoms with E-state index in [1.54, 1.807) is 19.2 Å². The molecule has 10 heteroatoms. The van der Waals surface area contributed by atoms with Crippen LogP contribution >= 0.6 is 11.6 Å². The van der Waals surface area contributed by atoms with Crippen molar-refractivity contribution >= 4 is 29.3 Å². The lowest BCUT2D eigenvalue weighted by Crippen LogP contribution is -2.26. The minimum Gasteiger partial charge on any atom is -0.489 e. The molecule has 0 saturated carbocycles. The maximum atomic E-state index is 12.5. The first-order valence-corrected chi connectivity index (χ1v) is 13.8. The van der Waals surface area contributed by atoms with Crippen molar-refractivity contribution in [3.8, 4) is 17.0 Å². The van der Waals surface area contributed by atoms with Crippen molar-refractivity contribution in [2.24, 2.45) is 5.73 Å². The first-order chi connectivity index (χ1) is 18.9. The van der Waals surface area contributed by atoms with E-state index in [9.17, 15) is 14.4 Å². The number of aromatic nitrogens is 2. The Morgan fingerprint density at radius 1 is 1.10 bits per heavy atom. The Balaban J connectivity index is 1.97. The zero-order chi connectivity index (χ0) is 29.6. The molecule has 3 amide bonds. The molecule has 0 fully saturated rings. The number of carbonyl (C=O) groups excluding carboxylic acids is 3. The summed E-state index contributed by atoms with van der Waals surface area (Å²) in [5, 5.41) is 5.83. The molecule has 0 aliphatic rings. The molecule has 0 radical (unpaired) electrons. The first kappa shape index (κ1) is 30.7. The van der Waals surface area contributed by atoms with Crippen LogP contribution in [0.4, 0.5) is 0 Å². The number of ether oxygens (including phenoxy) is 1. The monoisotopic (exact) mass is 567 g/mol. The van der Waals surface area contributed by atoms with Crippen LogP contribution in [0.2, 0.25) is 5.02 Å². The Labute approximate surface area is 240 Å². The molecule has 0 bridgehead atoms. The highest BCUT2D eigenvalue weighted by molar-refractivity contribution is 6.33. The summed E-state index contributed by atoms with van der Waals surface area (Å²) in [6.45, 7) is 9.90. The van der Waals surface area contributed by atoms with Crippen molar-refractivity contribution < 1.29 is 19.1 Å². The second kappa shape index (κ2) is 13.5. The average Bonchev–Trinajstić information content (AvgIpc) is 3.33. The van der Waals surface area contributed by atoms with Gasteiger partial charge in [-0.25, -0.2) is 4.98 Å². The SMILES string of the molecule is CCn1cc(-c2ccc(CC(CC(=O)NC)c3c(C(N)=O)ccc(OC(C)C)c3Cl)cc2)nc1C(C)NC(C)=O. The summed E-state index contributed by atoms with van der Waals surface area (Å²) < 4.78 is 7.88. The number of benzene rings is 2. The molecule has 0 aliphatic carbocycles. The molecule has 40 heavy (non-hydrogen) atoms. The van der Waals surface area contributed by atoms with E-state index in [1.807, 2.05) is 62.7 Å². The second-order valence-electron chi connectivity index (χ2n) is 10.0. The number of nitrogens with zero attached hydrogens (tertiary/aromatic N) is 2. The maximum absolute atomic E-state index is 12.5. The van der Waals surface area contributed by atoms with Gasteiger partial charge in [-0.3, -0.25) is 14.4 Å². The standard InChI is InChI=1S/C30H38ClN5O4/c1-7-36-16-24(35-30(36)18(4)34-19(5)37)21-10-8-20(9-11-21)14-22(15-26(38)33-6)27-23(29(32)39)12-13-25(28(27)31)40-17(2)3/h8-13,16-18,22H,7,14-15H2,1-6H3,(H2,32,39)(H,33,38)(H,34,37). The van der Waals surface area contributed by atoms with E-state index in [1.165, 1.54) is 6.92 Å². The topological polar surface area (TPSA) is 128 Å². The Kier molecular flexibility index (Phi) is 10.3. The van der Waals surface area contributed by atoms with E-state index >= 15 is 0 Å². The fourth-order valence-corrected chi connectivity index (χ4v) is 5.13. The van der Waals surface area contributed by atoms with Crippen LogP contribution in [-0.2, 0) is 22.6 Å². The van der Waals surface area contributed by atoms with E-state index in [2.05, 4.69) is 10.6 Å². The van der Waals surface area contributed by atoms with Crippen LogP contribution < -0.4 is 21.1 Å². The second-order valence-corrected chi connectivity index (χ2v) is 10.4. The number of nitrogens with two attached hydrogens (primary N) is 1. The summed E-state index contributed by atoms with van der Waals surface area (Å²) in [5.41, 5.74) is 9.13. The van der Waals surface area contributed by atoms with E-state index in [0.717, 1.165) is 22.6 Å². The summed E-state index contributed by atoms with van der Waals surface area (Å²) in [6.07, 6.45) is 2.38. The van der Waals surface area contributed by atoms with Gasteiger partial charge in [0, 0.05) is 44.3 Å². The Morgan fingerprint density at radius 2 is 1.77 bits per heavy atom. The molecule has 3 rings (SSSR count). The molecule has 1 aromatic heterocycles. The zero-order valence-corrected chi connectivity index (χ0v) is 24.6. The van der Waals surface area contributed by atoms with Crippen molar-refractivity contribution in [1.29, 1.82) is 0 Å². The molecule has 3 aromatic rings. The summed E-state index contributed by atoms with van der Waals surface area (Å²) in [5.74, 6) is -0.142. The van der Waals surface area contributed by atoms with Gasteiger partial charge in [0.2, 0.25) is 17.7 Å². The minimum absolute atomic E-state index is 0.106. The molecule has 0 spiro atoms. The Morgan fingerprint density at radius 3 is 2.33 bits per heavy atom. The molecule has 9 nitrogen and oxygen atoms in total. The average molecular weight is 568 g/mol. The molecule has 1 heterocycles. The van der Waals surface area contributed by atoms with E-state index in [-0.39, 0.29) is 41.0 Å². The predicted octanol–water partition coefficient (Wildman–Crippen LogP) is 4.77. The number of nitrogens with one attached hydrogen (secondary N) is 2. The molecule has 214 valence electrons. The number of amides is 3. The highest BCUT2D eigenvalue weighted by Gasteiger charge is 2.27. The number of hydrogen-bond donors (Lipinski definition) is 3. The number of aryl methyl sites for hydroxylation is 1. The van der Waals surface area contributed by atoms with Gasteiger partial charge in [0.25, 0.3) is 0 Å². The van der Waals surface area contributed by atoms with Crippen LogP contribution in [0, 0.1) is 0 Å². The molecule has 4 N–H and O–H groups in total. The highest BCUT2D eigenvalue weighted by atomic mass is 35.5.